The molecule has 2 aromatic heterocycles. The SMILES string of the molecule is O=c1[nH]c2nc(-c3ccc(O)cc3)c(C3CCC(CO)CC3)nc2[nH]1. The van der Waals surface area contributed by atoms with Crippen molar-refractivity contribution in [1.29, 1.82) is 0 Å². The molecule has 0 spiro atoms. The summed E-state index contributed by atoms with van der Waals surface area (Å²) in [5.74, 6) is 0.789. The molecular weight excluding hydrogens is 320 g/mol. The topological polar surface area (TPSA) is 115 Å². The second-order valence-electron chi connectivity index (χ2n) is 6.68. The number of benzene rings is 1. The molecular formula is C18H20N4O3. The maximum Gasteiger partial charge on any atom is 0.326 e. The van der Waals surface area contributed by atoms with Crippen LogP contribution >= 0.6 is 0 Å². The second-order valence-corrected chi connectivity index (χ2v) is 6.68. The number of aromatic amines is 2. The quantitative estimate of drug-likeness (QED) is 0.584. The summed E-state index contributed by atoms with van der Waals surface area (Å²) in [6.45, 7) is 0.230. The van der Waals surface area contributed by atoms with Crippen LogP contribution in [0.1, 0.15) is 37.3 Å². The van der Waals surface area contributed by atoms with Gasteiger partial charge in [-0.15, -0.1) is 0 Å². The summed E-state index contributed by atoms with van der Waals surface area (Å²) in [6, 6.07) is 6.85. The first-order valence-electron chi connectivity index (χ1n) is 8.54. The van der Waals surface area contributed by atoms with Crippen molar-refractivity contribution in [2.24, 2.45) is 5.92 Å². The van der Waals surface area contributed by atoms with Crippen LogP contribution in [-0.4, -0.2) is 36.8 Å². The monoisotopic (exact) mass is 340 g/mol. The van der Waals surface area contributed by atoms with Crippen molar-refractivity contribution in [3.05, 3.63) is 40.4 Å². The lowest BCUT2D eigenvalue weighted by atomic mass is 9.80. The summed E-state index contributed by atoms with van der Waals surface area (Å²) < 4.78 is 0. The van der Waals surface area contributed by atoms with E-state index in [0.717, 1.165) is 42.6 Å². The van der Waals surface area contributed by atoms with E-state index in [1.807, 2.05) is 0 Å². The number of hydrogen-bond donors (Lipinski definition) is 4. The molecule has 7 nitrogen and oxygen atoms in total. The molecule has 0 unspecified atom stereocenters. The Morgan fingerprint density at radius 3 is 2.28 bits per heavy atom. The first-order valence-corrected chi connectivity index (χ1v) is 8.54. The maximum absolute atomic E-state index is 11.6. The highest BCUT2D eigenvalue weighted by Gasteiger charge is 2.26. The predicted octanol–water partition coefficient (Wildman–Crippen LogP) is 2.28. The summed E-state index contributed by atoms with van der Waals surface area (Å²) in [5.41, 5.74) is 3.02. The van der Waals surface area contributed by atoms with Crippen molar-refractivity contribution >= 4 is 11.3 Å². The van der Waals surface area contributed by atoms with Crippen molar-refractivity contribution in [3.8, 4) is 17.0 Å². The highest BCUT2D eigenvalue weighted by atomic mass is 16.3. The van der Waals surface area contributed by atoms with E-state index in [0.29, 0.717) is 17.2 Å². The molecule has 1 fully saturated rings. The highest BCUT2D eigenvalue weighted by molar-refractivity contribution is 5.73. The molecule has 1 saturated carbocycles. The molecule has 4 N–H and O–H groups in total. The predicted molar refractivity (Wildman–Crippen MR) is 93.4 cm³/mol. The summed E-state index contributed by atoms with van der Waals surface area (Å²) in [4.78, 5) is 26.3. The highest BCUT2D eigenvalue weighted by Crippen LogP contribution is 2.38. The molecule has 1 aromatic carbocycles. The molecule has 4 rings (SSSR count). The van der Waals surface area contributed by atoms with E-state index in [1.165, 1.54) is 0 Å². The minimum absolute atomic E-state index is 0.192. The Kier molecular flexibility index (Phi) is 4.01. The van der Waals surface area contributed by atoms with E-state index >= 15 is 0 Å². The van der Waals surface area contributed by atoms with Gasteiger partial charge in [0.2, 0.25) is 0 Å². The number of nitrogens with zero attached hydrogens (tertiary/aromatic N) is 2. The van der Waals surface area contributed by atoms with Gasteiger partial charge < -0.3 is 10.2 Å². The first-order chi connectivity index (χ1) is 12.1. The lowest BCUT2D eigenvalue weighted by Gasteiger charge is -2.27. The first kappa shape index (κ1) is 15.8. The molecule has 25 heavy (non-hydrogen) atoms. The van der Waals surface area contributed by atoms with Crippen LogP contribution in [0.3, 0.4) is 0 Å². The van der Waals surface area contributed by atoms with E-state index < -0.39 is 0 Å². The molecule has 130 valence electrons. The molecule has 0 bridgehead atoms. The zero-order valence-electron chi connectivity index (χ0n) is 13.7. The van der Waals surface area contributed by atoms with Crippen LogP contribution < -0.4 is 5.69 Å². The summed E-state index contributed by atoms with van der Waals surface area (Å²) in [6.07, 6.45) is 3.79. The third-order valence-electron chi connectivity index (χ3n) is 5.02. The van der Waals surface area contributed by atoms with Crippen molar-refractivity contribution < 1.29 is 10.2 Å². The summed E-state index contributed by atoms with van der Waals surface area (Å²) in [5, 5.41) is 18.9. The number of nitrogens with one attached hydrogen (secondary N) is 2. The fourth-order valence-corrected chi connectivity index (χ4v) is 3.60. The van der Waals surface area contributed by atoms with Gasteiger partial charge in [0.25, 0.3) is 0 Å². The zero-order chi connectivity index (χ0) is 17.4. The van der Waals surface area contributed by atoms with Crippen molar-refractivity contribution in [1.82, 2.24) is 19.9 Å². The van der Waals surface area contributed by atoms with Crippen LogP contribution in [0.2, 0.25) is 0 Å². The number of fused-ring (bicyclic) bond motifs is 1. The lowest BCUT2D eigenvalue weighted by molar-refractivity contribution is 0.182. The Balaban J connectivity index is 1.81. The number of rotatable bonds is 3. The average Bonchev–Trinajstić information content (AvgIpc) is 3.00. The number of aliphatic hydroxyl groups excluding tert-OH is 1. The normalized spacial score (nSPS) is 20.8. The number of H-pyrrole nitrogens is 2. The average molecular weight is 340 g/mol. The van der Waals surface area contributed by atoms with E-state index in [9.17, 15) is 15.0 Å². The molecule has 0 saturated heterocycles. The van der Waals surface area contributed by atoms with Crippen LogP contribution in [0, 0.1) is 5.92 Å². The van der Waals surface area contributed by atoms with Gasteiger partial charge in [-0.25, -0.2) is 14.8 Å². The molecule has 0 radical (unpaired) electrons. The minimum Gasteiger partial charge on any atom is -0.508 e. The van der Waals surface area contributed by atoms with E-state index in [2.05, 4.69) is 15.0 Å². The molecule has 0 atom stereocenters. The molecule has 0 amide bonds. The van der Waals surface area contributed by atoms with Crippen LogP contribution in [0.4, 0.5) is 0 Å². The molecule has 2 heterocycles. The van der Waals surface area contributed by atoms with Crippen LogP contribution in [-0.2, 0) is 0 Å². The third kappa shape index (κ3) is 3.02. The van der Waals surface area contributed by atoms with Gasteiger partial charge in [0.15, 0.2) is 11.3 Å². The Labute approximate surface area is 143 Å². The van der Waals surface area contributed by atoms with Gasteiger partial charge >= 0.3 is 5.69 Å². The minimum atomic E-state index is -0.326. The Bertz CT molecular complexity index is 937. The Hall–Kier alpha value is -2.67. The molecule has 7 heteroatoms. The van der Waals surface area contributed by atoms with Gasteiger partial charge in [0.05, 0.1) is 11.4 Å². The van der Waals surface area contributed by atoms with Gasteiger partial charge in [-0.3, -0.25) is 9.97 Å². The van der Waals surface area contributed by atoms with Crippen LogP contribution in [0.25, 0.3) is 22.6 Å². The van der Waals surface area contributed by atoms with E-state index in [1.54, 1.807) is 24.3 Å². The smallest absolute Gasteiger partial charge is 0.326 e. The summed E-state index contributed by atoms with van der Waals surface area (Å²) >= 11 is 0. The second kappa shape index (κ2) is 6.33. The number of phenols is 1. The maximum atomic E-state index is 11.6. The molecule has 0 aliphatic heterocycles. The van der Waals surface area contributed by atoms with Crippen molar-refractivity contribution in [2.45, 2.75) is 31.6 Å². The van der Waals surface area contributed by atoms with Crippen molar-refractivity contribution in [2.75, 3.05) is 6.61 Å². The van der Waals surface area contributed by atoms with Crippen molar-refractivity contribution in [3.63, 3.8) is 0 Å². The largest absolute Gasteiger partial charge is 0.508 e. The Morgan fingerprint density at radius 2 is 1.64 bits per heavy atom. The summed E-state index contributed by atoms with van der Waals surface area (Å²) in [7, 11) is 0. The van der Waals surface area contributed by atoms with Gasteiger partial charge in [-0.05, 0) is 55.9 Å². The molecule has 1 aliphatic rings. The van der Waals surface area contributed by atoms with Gasteiger partial charge in [-0.1, -0.05) is 0 Å². The van der Waals surface area contributed by atoms with Crippen LogP contribution in [0.15, 0.2) is 29.1 Å². The number of phenolic OH excluding ortho intramolecular Hbond substituents is 1. The van der Waals surface area contributed by atoms with E-state index in [4.69, 9.17) is 4.98 Å². The number of hydrogen-bond acceptors (Lipinski definition) is 5. The zero-order valence-corrected chi connectivity index (χ0v) is 13.7. The van der Waals surface area contributed by atoms with Gasteiger partial charge in [0.1, 0.15) is 5.75 Å². The molecule has 3 aromatic rings. The fourth-order valence-electron chi connectivity index (χ4n) is 3.60. The number of aromatic nitrogens is 4. The van der Waals surface area contributed by atoms with E-state index in [-0.39, 0.29) is 24.0 Å². The lowest BCUT2D eigenvalue weighted by Crippen LogP contribution is -2.18. The van der Waals surface area contributed by atoms with Crippen LogP contribution in [0.5, 0.6) is 5.75 Å². The number of aromatic hydroxyl groups is 1. The molecule has 1 aliphatic carbocycles. The standard InChI is InChI=1S/C18H20N4O3/c23-9-10-1-3-11(4-2-10)14-15(12-5-7-13(24)8-6-12)20-17-16(19-14)21-18(25)22-17/h5-8,10-11,23-24H,1-4,9H2,(H2,19,20,21,22,25). The third-order valence-corrected chi connectivity index (χ3v) is 5.02. The Morgan fingerprint density at radius 1 is 1.00 bits per heavy atom. The number of imidazole rings is 1. The fraction of sp³-hybridized carbons (Fsp3) is 0.389. The van der Waals surface area contributed by atoms with Gasteiger partial charge in [0, 0.05) is 18.1 Å². The number of aliphatic hydroxyl groups is 1. The van der Waals surface area contributed by atoms with Gasteiger partial charge in [-0.2, -0.15) is 0 Å².